The zero-order chi connectivity index (χ0) is 9.14. The normalized spacial score (nSPS) is 9.42. The fourth-order valence-electron chi connectivity index (χ4n) is 0.826. The van der Waals surface area contributed by atoms with Crippen molar-refractivity contribution in [2.75, 3.05) is 0 Å². The molecule has 0 atom stereocenters. The Morgan fingerprint density at radius 1 is 1.42 bits per heavy atom. The molecular weight excluding hydrogens is 164 g/mol. The van der Waals surface area contributed by atoms with Crippen molar-refractivity contribution < 1.29 is 13.9 Å². The summed E-state index contributed by atoms with van der Waals surface area (Å²) in [6.45, 7) is 0. The summed E-state index contributed by atoms with van der Waals surface area (Å²) in [4.78, 5) is 0. The van der Waals surface area contributed by atoms with E-state index in [4.69, 9.17) is 10.4 Å². The summed E-state index contributed by atoms with van der Waals surface area (Å²) in [7, 11) is 0. The van der Waals surface area contributed by atoms with Gasteiger partial charge in [0.05, 0.1) is 12.5 Å². The summed E-state index contributed by atoms with van der Waals surface area (Å²) in [6, 6.07) is 3.43. The molecule has 0 unspecified atom stereocenters. The molecule has 0 saturated heterocycles. The van der Waals surface area contributed by atoms with Gasteiger partial charge in [-0.15, -0.1) is 0 Å². The van der Waals surface area contributed by atoms with E-state index in [1.165, 1.54) is 0 Å². The highest BCUT2D eigenvalue weighted by Gasteiger charge is 2.11. The van der Waals surface area contributed by atoms with Crippen molar-refractivity contribution in [3.63, 3.8) is 0 Å². The van der Waals surface area contributed by atoms with Crippen LogP contribution in [0, 0.1) is 23.0 Å². The molecule has 1 rings (SSSR count). The number of benzene rings is 1. The first kappa shape index (κ1) is 8.47. The number of aromatic hydroxyl groups is 1. The fourth-order valence-corrected chi connectivity index (χ4v) is 0.826. The summed E-state index contributed by atoms with van der Waals surface area (Å²) >= 11 is 0. The lowest BCUT2D eigenvalue weighted by molar-refractivity contribution is 0.423. The first-order valence-electron chi connectivity index (χ1n) is 3.19. The number of halogens is 2. The first-order chi connectivity index (χ1) is 5.66. The van der Waals surface area contributed by atoms with E-state index in [1.54, 1.807) is 6.07 Å². The average Bonchev–Trinajstić information content (AvgIpc) is 2.06. The molecule has 0 heterocycles. The molecule has 0 aliphatic rings. The van der Waals surface area contributed by atoms with Crippen LogP contribution in [0.4, 0.5) is 8.78 Å². The minimum atomic E-state index is -1.06. The molecule has 1 aromatic carbocycles. The molecule has 0 spiro atoms. The number of phenolic OH excluding ortho intramolecular Hbond substituents is 1. The average molecular weight is 169 g/mol. The SMILES string of the molecule is N#CCc1c(F)ccc(O)c1F. The van der Waals surface area contributed by atoms with Gasteiger partial charge in [0.2, 0.25) is 0 Å². The van der Waals surface area contributed by atoms with Crippen LogP contribution in [-0.2, 0) is 6.42 Å². The van der Waals surface area contributed by atoms with Gasteiger partial charge in [0.15, 0.2) is 11.6 Å². The van der Waals surface area contributed by atoms with E-state index in [-0.39, 0.29) is 6.42 Å². The Morgan fingerprint density at radius 2 is 2.08 bits per heavy atom. The molecule has 4 heteroatoms. The van der Waals surface area contributed by atoms with Crippen molar-refractivity contribution in [1.29, 1.82) is 5.26 Å². The molecular formula is C8H5F2NO. The maximum atomic E-state index is 12.8. The van der Waals surface area contributed by atoms with Crippen LogP contribution in [0.2, 0.25) is 0 Å². The zero-order valence-electron chi connectivity index (χ0n) is 6.01. The smallest absolute Gasteiger partial charge is 0.171 e. The van der Waals surface area contributed by atoms with Crippen LogP contribution < -0.4 is 0 Å². The van der Waals surface area contributed by atoms with Gasteiger partial charge in [-0.3, -0.25) is 0 Å². The number of nitriles is 1. The molecule has 2 nitrogen and oxygen atoms in total. The molecule has 1 aromatic rings. The monoisotopic (exact) mass is 169 g/mol. The van der Waals surface area contributed by atoms with E-state index in [0.29, 0.717) is 0 Å². The maximum Gasteiger partial charge on any atom is 0.171 e. The molecule has 0 saturated carbocycles. The van der Waals surface area contributed by atoms with Gasteiger partial charge in [-0.05, 0) is 12.1 Å². The molecule has 0 fully saturated rings. The molecule has 0 aromatic heterocycles. The summed E-state index contributed by atoms with van der Waals surface area (Å²) in [5.41, 5.74) is -0.391. The third-order valence-corrected chi connectivity index (χ3v) is 1.42. The van der Waals surface area contributed by atoms with Crippen molar-refractivity contribution in [2.24, 2.45) is 0 Å². The first-order valence-corrected chi connectivity index (χ1v) is 3.19. The lowest BCUT2D eigenvalue weighted by Gasteiger charge is -2.00. The maximum absolute atomic E-state index is 12.8. The van der Waals surface area contributed by atoms with Gasteiger partial charge in [-0.25, -0.2) is 8.78 Å². The van der Waals surface area contributed by atoms with Crippen LogP contribution in [0.3, 0.4) is 0 Å². The molecule has 62 valence electrons. The molecule has 0 amide bonds. The molecule has 0 bridgehead atoms. The van der Waals surface area contributed by atoms with Gasteiger partial charge >= 0.3 is 0 Å². The van der Waals surface area contributed by atoms with E-state index < -0.39 is 22.9 Å². The quantitative estimate of drug-likeness (QED) is 0.695. The summed E-state index contributed by atoms with van der Waals surface area (Å²) in [6.07, 6.45) is -0.383. The highest BCUT2D eigenvalue weighted by Crippen LogP contribution is 2.21. The Hall–Kier alpha value is -1.63. The third-order valence-electron chi connectivity index (χ3n) is 1.42. The Bertz CT molecular complexity index is 344. The molecule has 0 aliphatic heterocycles. The number of hydrogen-bond donors (Lipinski definition) is 1. The van der Waals surface area contributed by atoms with Crippen molar-refractivity contribution in [1.82, 2.24) is 0 Å². The van der Waals surface area contributed by atoms with Gasteiger partial charge in [0.25, 0.3) is 0 Å². The summed E-state index contributed by atoms with van der Waals surface area (Å²) in [5, 5.41) is 17.0. The lowest BCUT2D eigenvalue weighted by atomic mass is 10.1. The predicted octanol–water partition coefficient (Wildman–Crippen LogP) is 1.74. The molecule has 0 aliphatic carbocycles. The Labute approximate surface area is 67.7 Å². The van der Waals surface area contributed by atoms with Crippen LogP contribution in [0.25, 0.3) is 0 Å². The molecule has 0 radical (unpaired) electrons. The standard InChI is InChI=1S/C8H5F2NO/c9-6-1-2-7(12)8(10)5(6)3-4-11/h1-2,12H,3H2. The van der Waals surface area contributed by atoms with E-state index in [1.807, 2.05) is 0 Å². The topological polar surface area (TPSA) is 44.0 Å². The van der Waals surface area contributed by atoms with Crippen LogP contribution in [0.1, 0.15) is 5.56 Å². The van der Waals surface area contributed by atoms with Crippen LogP contribution in [0.5, 0.6) is 5.75 Å². The van der Waals surface area contributed by atoms with Gasteiger partial charge < -0.3 is 5.11 Å². The highest BCUT2D eigenvalue weighted by atomic mass is 19.1. The molecule has 12 heavy (non-hydrogen) atoms. The predicted molar refractivity (Wildman–Crippen MR) is 37.3 cm³/mol. The van der Waals surface area contributed by atoms with Crippen molar-refractivity contribution in [3.05, 3.63) is 29.3 Å². The van der Waals surface area contributed by atoms with E-state index in [9.17, 15) is 8.78 Å². The number of nitrogens with zero attached hydrogens (tertiary/aromatic N) is 1. The van der Waals surface area contributed by atoms with Crippen LogP contribution in [0.15, 0.2) is 12.1 Å². The Balaban J connectivity index is 3.25. The zero-order valence-corrected chi connectivity index (χ0v) is 6.01. The van der Waals surface area contributed by atoms with Crippen molar-refractivity contribution in [2.45, 2.75) is 6.42 Å². The Kier molecular flexibility index (Phi) is 2.24. The number of hydrogen-bond acceptors (Lipinski definition) is 2. The lowest BCUT2D eigenvalue weighted by Crippen LogP contribution is -1.94. The second kappa shape index (κ2) is 3.18. The largest absolute Gasteiger partial charge is 0.505 e. The van der Waals surface area contributed by atoms with E-state index in [0.717, 1.165) is 12.1 Å². The highest BCUT2D eigenvalue weighted by molar-refractivity contribution is 5.32. The third kappa shape index (κ3) is 1.35. The van der Waals surface area contributed by atoms with Gasteiger partial charge in [0.1, 0.15) is 5.82 Å². The van der Waals surface area contributed by atoms with Gasteiger partial charge in [-0.2, -0.15) is 5.26 Å². The second-order valence-corrected chi connectivity index (χ2v) is 2.19. The molecule has 1 N–H and O–H groups in total. The number of phenols is 1. The Morgan fingerprint density at radius 3 is 2.67 bits per heavy atom. The van der Waals surface area contributed by atoms with E-state index >= 15 is 0 Å². The summed E-state index contributed by atoms with van der Waals surface area (Å²) < 4.78 is 25.5. The minimum Gasteiger partial charge on any atom is -0.505 e. The van der Waals surface area contributed by atoms with Crippen LogP contribution in [-0.4, -0.2) is 5.11 Å². The fraction of sp³-hybridized carbons (Fsp3) is 0.125. The second-order valence-electron chi connectivity index (χ2n) is 2.19. The summed E-state index contributed by atoms with van der Waals surface area (Å²) in [5.74, 6) is -2.51. The van der Waals surface area contributed by atoms with Gasteiger partial charge in [-0.1, -0.05) is 0 Å². The van der Waals surface area contributed by atoms with Gasteiger partial charge in [0, 0.05) is 5.56 Å². The van der Waals surface area contributed by atoms with E-state index in [2.05, 4.69) is 0 Å². The number of rotatable bonds is 1. The van der Waals surface area contributed by atoms with Crippen molar-refractivity contribution >= 4 is 0 Å². The van der Waals surface area contributed by atoms with Crippen LogP contribution >= 0.6 is 0 Å². The van der Waals surface area contributed by atoms with Crippen molar-refractivity contribution in [3.8, 4) is 11.8 Å². The minimum absolute atomic E-state index is 0.383.